The van der Waals surface area contributed by atoms with Crippen LogP contribution in [-0.4, -0.2) is 40.7 Å². The number of esters is 1. The van der Waals surface area contributed by atoms with Crippen LogP contribution < -0.4 is 10.1 Å². The molecule has 0 aromatic heterocycles. The van der Waals surface area contributed by atoms with Crippen LogP contribution in [0.15, 0.2) is 54.6 Å². The molecule has 1 N–H and O–H groups in total. The Morgan fingerprint density at radius 3 is 2.27 bits per heavy atom. The molecule has 2 aromatic rings. The highest BCUT2D eigenvalue weighted by atomic mass is 16.5. The van der Waals surface area contributed by atoms with Crippen LogP contribution in [0.25, 0.3) is 0 Å². The predicted molar refractivity (Wildman–Crippen MR) is 122 cm³/mol. The van der Waals surface area contributed by atoms with Crippen molar-refractivity contribution < 1.29 is 23.9 Å². The van der Waals surface area contributed by atoms with Crippen molar-refractivity contribution in [2.24, 2.45) is 11.3 Å². The summed E-state index contributed by atoms with van der Waals surface area (Å²) < 4.78 is 5.33. The smallest absolute Gasteiger partial charge is 0.331 e. The van der Waals surface area contributed by atoms with E-state index >= 15 is 0 Å². The summed E-state index contributed by atoms with van der Waals surface area (Å²) in [5.74, 6) is -0.711. The Hall–Kier alpha value is -3.48. The zero-order valence-electron chi connectivity index (χ0n) is 19.1. The third-order valence-corrected chi connectivity index (χ3v) is 6.30. The summed E-state index contributed by atoms with van der Waals surface area (Å²) in [6.45, 7) is 5.79. The molecule has 0 radical (unpaired) electrons. The molecule has 2 aromatic carbocycles. The van der Waals surface area contributed by atoms with Crippen LogP contribution in [0.1, 0.15) is 56.0 Å². The van der Waals surface area contributed by atoms with Gasteiger partial charge in [-0.2, -0.15) is 0 Å². The van der Waals surface area contributed by atoms with Gasteiger partial charge < -0.3 is 10.1 Å². The molecule has 0 bridgehead atoms. The topological polar surface area (TPSA) is 92.8 Å². The lowest BCUT2D eigenvalue weighted by Crippen LogP contribution is -2.54. The molecular weight excluding hydrogens is 420 g/mol. The van der Waals surface area contributed by atoms with Gasteiger partial charge in [0.2, 0.25) is 0 Å². The van der Waals surface area contributed by atoms with Crippen LogP contribution >= 0.6 is 0 Å². The number of rotatable bonds is 5. The first-order valence-electron chi connectivity index (χ1n) is 11.1. The van der Waals surface area contributed by atoms with Gasteiger partial charge in [0.25, 0.3) is 5.91 Å². The normalized spacial score (nSPS) is 24.0. The largest absolute Gasteiger partial charge is 0.425 e. The van der Waals surface area contributed by atoms with Gasteiger partial charge in [0.05, 0.1) is 0 Å². The van der Waals surface area contributed by atoms with Gasteiger partial charge in [0.1, 0.15) is 17.8 Å². The monoisotopic (exact) mass is 448 g/mol. The maximum absolute atomic E-state index is 13.2. The molecule has 1 aliphatic heterocycles. The fourth-order valence-electron chi connectivity index (χ4n) is 5.37. The predicted octanol–water partition coefficient (Wildman–Crippen LogP) is 3.96. The third-order valence-electron chi connectivity index (χ3n) is 6.30. The summed E-state index contributed by atoms with van der Waals surface area (Å²) in [4.78, 5) is 51.7. The molecule has 2 fully saturated rings. The molecule has 1 spiro atoms. The highest BCUT2D eigenvalue weighted by Gasteiger charge is 2.56. The summed E-state index contributed by atoms with van der Waals surface area (Å²) >= 11 is 0. The van der Waals surface area contributed by atoms with E-state index in [-0.39, 0.29) is 28.8 Å². The van der Waals surface area contributed by atoms with E-state index in [0.717, 1.165) is 11.3 Å². The summed E-state index contributed by atoms with van der Waals surface area (Å²) in [7, 11) is 0. The SMILES string of the molecule is C[C@H]1CC(C)(C)C[C@@]2(C1)NC(=O)N(CC(=O)Oc1ccc(C(=O)c3ccccc3)cc1)C2=O. The molecule has 33 heavy (non-hydrogen) atoms. The van der Waals surface area contributed by atoms with E-state index in [2.05, 4.69) is 26.1 Å². The molecule has 1 aliphatic carbocycles. The number of benzene rings is 2. The number of hydrogen-bond donors (Lipinski definition) is 1. The first kappa shape index (κ1) is 22.7. The van der Waals surface area contributed by atoms with Gasteiger partial charge in [-0.25, -0.2) is 9.59 Å². The van der Waals surface area contributed by atoms with Gasteiger partial charge in [-0.1, -0.05) is 51.1 Å². The van der Waals surface area contributed by atoms with Crippen molar-refractivity contribution in [3.8, 4) is 5.75 Å². The Bertz CT molecular complexity index is 1090. The molecule has 4 rings (SSSR count). The van der Waals surface area contributed by atoms with Crippen molar-refractivity contribution in [1.82, 2.24) is 10.2 Å². The molecule has 1 saturated heterocycles. The fourth-order valence-corrected chi connectivity index (χ4v) is 5.37. The number of ketones is 1. The highest BCUT2D eigenvalue weighted by Crippen LogP contribution is 2.46. The number of urea groups is 1. The van der Waals surface area contributed by atoms with Crippen LogP contribution in [0.5, 0.6) is 5.75 Å². The second-order valence-corrected chi connectivity index (χ2v) is 9.95. The van der Waals surface area contributed by atoms with Gasteiger partial charge in [-0.05, 0) is 54.9 Å². The molecule has 1 saturated carbocycles. The fraction of sp³-hybridized carbons (Fsp3) is 0.385. The average molecular weight is 449 g/mol. The maximum atomic E-state index is 13.2. The molecule has 172 valence electrons. The summed E-state index contributed by atoms with van der Waals surface area (Å²) in [6, 6.07) is 14.5. The van der Waals surface area contributed by atoms with E-state index in [4.69, 9.17) is 4.74 Å². The van der Waals surface area contributed by atoms with Crippen LogP contribution in [0.3, 0.4) is 0 Å². The van der Waals surface area contributed by atoms with Crippen molar-refractivity contribution in [2.75, 3.05) is 6.54 Å². The number of carbonyl (C=O) groups is 4. The number of hydrogen-bond acceptors (Lipinski definition) is 5. The lowest BCUT2D eigenvalue weighted by atomic mass is 9.64. The zero-order chi connectivity index (χ0) is 23.8. The third kappa shape index (κ3) is 4.67. The van der Waals surface area contributed by atoms with Crippen LogP contribution in [-0.2, 0) is 9.59 Å². The Labute approximate surface area is 193 Å². The molecule has 7 heteroatoms. The zero-order valence-corrected chi connectivity index (χ0v) is 19.1. The lowest BCUT2D eigenvalue weighted by Gasteiger charge is -2.43. The molecule has 2 aliphatic rings. The van der Waals surface area contributed by atoms with Crippen molar-refractivity contribution in [2.45, 2.75) is 45.6 Å². The number of imide groups is 1. The first-order valence-corrected chi connectivity index (χ1v) is 11.1. The summed E-state index contributed by atoms with van der Waals surface area (Å²) in [5, 5.41) is 2.85. The van der Waals surface area contributed by atoms with E-state index in [0.29, 0.717) is 24.0 Å². The summed E-state index contributed by atoms with van der Waals surface area (Å²) in [5.41, 5.74) is -0.0189. The van der Waals surface area contributed by atoms with Gasteiger partial charge >= 0.3 is 12.0 Å². The van der Waals surface area contributed by atoms with Gasteiger partial charge in [-0.3, -0.25) is 14.5 Å². The van der Waals surface area contributed by atoms with Crippen molar-refractivity contribution in [1.29, 1.82) is 0 Å². The first-order chi connectivity index (χ1) is 15.6. The Morgan fingerprint density at radius 1 is 1.00 bits per heavy atom. The molecule has 0 unspecified atom stereocenters. The Morgan fingerprint density at radius 2 is 1.64 bits per heavy atom. The Balaban J connectivity index is 1.40. The van der Waals surface area contributed by atoms with Crippen molar-refractivity contribution in [3.05, 3.63) is 65.7 Å². The van der Waals surface area contributed by atoms with Gasteiger partial charge in [0.15, 0.2) is 5.78 Å². The second-order valence-electron chi connectivity index (χ2n) is 9.95. The van der Waals surface area contributed by atoms with Crippen molar-refractivity contribution in [3.63, 3.8) is 0 Å². The highest BCUT2D eigenvalue weighted by molar-refractivity contribution is 6.09. The van der Waals surface area contributed by atoms with Gasteiger partial charge in [0, 0.05) is 11.1 Å². The molecule has 2 atom stereocenters. The number of nitrogens with one attached hydrogen (secondary N) is 1. The van der Waals surface area contributed by atoms with E-state index in [1.54, 1.807) is 36.4 Å². The van der Waals surface area contributed by atoms with E-state index in [9.17, 15) is 19.2 Å². The minimum Gasteiger partial charge on any atom is -0.425 e. The average Bonchev–Trinajstić information content (AvgIpc) is 2.96. The van der Waals surface area contributed by atoms with Crippen LogP contribution in [0, 0.1) is 11.3 Å². The van der Waals surface area contributed by atoms with Gasteiger partial charge in [-0.15, -0.1) is 0 Å². The van der Waals surface area contributed by atoms with Crippen molar-refractivity contribution >= 4 is 23.7 Å². The second kappa shape index (κ2) is 8.46. The molecule has 1 heterocycles. The van der Waals surface area contributed by atoms with E-state index in [1.165, 1.54) is 12.1 Å². The van der Waals surface area contributed by atoms with E-state index in [1.807, 2.05) is 6.07 Å². The summed E-state index contributed by atoms with van der Waals surface area (Å²) in [6.07, 6.45) is 2.07. The molecule has 3 amide bonds. The number of ether oxygens (including phenoxy) is 1. The quantitative estimate of drug-likeness (QED) is 0.323. The molecule has 7 nitrogen and oxygen atoms in total. The number of amides is 3. The minimum atomic E-state index is -0.960. The Kier molecular flexibility index (Phi) is 5.82. The standard InChI is InChI=1S/C26H28N2O5/c1-17-13-25(2,3)16-26(14-17)23(31)28(24(32)27-26)15-21(29)33-20-11-9-19(10-12-20)22(30)18-7-5-4-6-8-18/h4-12,17H,13-16H2,1-3H3,(H,27,32)/t17-,26+/m0/s1. The van der Waals surface area contributed by atoms with E-state index < -0.39 is 24.1 Å². The maximum Gasteiger partial charge on any atom is 0.331 e. The van der Waals surface area contributed by atoms with Crippen LogP contribution in [0.2, 0.25) is 0 Å². The number of nitrogens with zero attached hydrogens (tertiary/aromatic N) is 1. The lowest BCUT2D eigenvalue weighted by molar-refractivity contribution is -0.142. The molecular formula is C26H28N2O5. The van der Waals surface area contributed by atoms with Crippen LogP contribution in [0.4, 0.5) is 4.79 Å². The minimum absolute atomic E-state index is 0.0872. The number of carbonyl (C=O) groups excluding carboxylic acids is 4.